The molecule has 5 rings (SSSR count). The van der Waals surface area contributed by atoms with Crippen molar-refractivity contribution in [3.05, 3.63) is 0 Å². The lowest BCUT2D eigenvalue weighted by Crippen LogP contribution is -2.69. The maximum Gasteiger partial charge on any atom is 0.472 e. The van der Waals surface area contributed by atoms with E-state index in [2.05, 4.69) is 27.7 Å². The molecular formula is C29H52O15P2S. The van der Waals surface area contributed by atoms with Gasteiger partial charge in [-0.2, -0.15) is 8.42 Å². The van der Waals surface area contributed by atoms with Crippen LogP contribution >= 0.6 is 15.6 Å². The summed E-state index contributed by atoms with van der Waals surface area (Å²) in [7, 11) is -13.8. The number of hydrogen-bond donors (Lipinski definition) is 6. The monoisotopic (exact) mass is 734 g/mol. The third kappa shape index (κ3) is 6.84. The van der Waals surface area contributed by atoms with Crippen molar-refractivity contribution in [2.24, 2.45) is 58.2 Å². The van der Waals surface area contributed by atoms with Gasteiger partial charge in [-0.15, -0.1) is 0 Å². The number of ether oxygens (including phenoxy) is 1. The minimum atomic E-state index is -5.29. The van der Waals surface area contributed by atoms with Crippen LogP contribution in [0.4, 0.5) is 0 Å². The topological polar surface area (TPSA) is 236 Å². The van der Waals surface area contributed by atoms with Crippen LogP contribution in [-0.4, -0.2) is 87.7 Å². The van der Waals surface area contributed by atoms with Crippen molar-refractivity contribution in [3.63, 3.8) is 0 Å². The Morgan fingerprint density at radius 2 is 1.51 bits per heavy atom. The first-order chi connectivity index (χ1) is 21.5. The van der Waals surface area contributed by atoms with Crippen molar-refractivity contribution in [1.82, 2.24) is 0 Å². The second kappa shape index (κ2) is 12.9. The van der Waals surface area contributed by atoms with Gasteiger partial charge in [-0.25, -0.2) is 13.3 Å². The Morgan fingerprint density at radius 3 is 2.06 bits per heavy atom. The molecule has 17 atom stereocenters. The molecule has 18 heteroatoms. The standard InChI is InChI=1S/C29H52O15P2S/c1-13(2)15(4)18-12-14(3)20-26(41-18)27(43-46(35,36)40-7)21-19-16(8-10-29(20,21)6)28(5)11-9-17(44-47(37,38)39)23(30)22(28)24(31)25(19)42-45(32,33)34/h13-27,30-31H,8-12H2,1-7H3,(H,35,36)(H2,32,33,34)(H,37,38,39). The van der Waals surface area contributed by atoms with E-state index in [-0.39, 0.29) is 42.6 Å². The van der Waals surface area contributed by atoms with E-state index in [1.807, 2.05) is 13.8 Å². The van der Waals surface area contributed by atoms with Crippen LogP contribution in [0.5, 0.6) is 0 Å². The molecule has 0 aromatic heterocycles. The van der Waals surface area contributed by atoms with Gasteiger partial charge in [0.25, 0.3) is 0 Å². The van der Waals surface area contributed by atoms with Crippen LogP contribution in [0.3, 0.4) is 0 Å². The fourth-order valence-corrected chi connectivity index (χ4v) is 12.7. The van der Waals surface area contributed by atoms with Gasteiger partial charge in [0.2, 0.25) is 0 Å². The van der Waals surface area contributed by atoms with E-state index in [0.29, 0.717) is 12.8 Å². The summed E-state index contributed by atoms with van der Waals surface area (Å²) < 4.78 is 86.0. The highest BCUT2D eigenvalue weighted by atomic mass is 32.3. The highest BCUT2D eigenvalue weighted by molar-refractivity contribution is 7.80. The van der Waals surface area contributed by atoms with Crippen molar-refractivity contribution in [2.75, 3.05) is 7.11 Å². The summed E-state index contributed by atoms with van der Waals surface area (Å²) in [5, 5.41) is 23.4. The molecule has 17 unspecified atom stereocenters. The summed E-state index contributed by atoms with van der Waals surface area (Å²) in [6.45, 7) is 12.3. The van der Waals surface area contributed by atoms with Gasteiger partial charge in [0.1, 0.15) is 6.10 Å². The molecular weight excluding hydrogens is 682 g/mol. The quantitative estimate of drug-likeness (QED) is 0.147. The van der Waals surface area contributed by atoms with Gasteiger partial charge in [-0.05, 0) is 84.4 Å². The fourth-order valence-electron chi connectivity index (χ4n) is 10.9. The van der Waals surface area contributed by atoms with Crippen LogP contribution in [0.15, 0.2) is 0 Å². The number of phosphoric ester groups is 2. The maximum atomic E-state index is 13.2. The molecule has 0 bridgehead atoms. The van der Waals surface area contributed by atoms with Crippen LogP contribution in [0.1, 0.15) is 73.6 Å². The van der Waals surface area contributed by atoms with Crippen molar-refractivity contribution >= 4 is 26.0 Å². The van der Waals surface area contributed by atoms with Gasteiger partial charge in [-0.1, -0.05) is 41.5 Å². The Bertz CT molecular complexity index is 1370. The number of fused-ring (bicyclic) bond motifs is 7. The minimum Gasteiger partial charge on any atom is -0.390 e. The Balaban J connectivity index is 1.65. The SMILES string of the molecule is COP(=O)(O)OC1C2OC(C(C)C(C)C)CC(C)C2C2(C)CCC3C(C(OP(=O)(O)O)C(O)C4C(O)C(OS(=O)(=O)O)CCC34C)C12. The molecule has 0 radical (unpaired) electrons. The van der Waals surface area contributed by atoms with Crippen molar-refractivity contribution < 1.29 is 69.5 Å². The van der Waals surface area contributed by atoms with E-state index in [1.54, 1.807) is 0 Å². The first kappa shape index (κ1) is 38.2. The van der Waals surface area contributed by atoms with Gasteiger partial charge < -0.3 is 29.6 Å². The van der Waals surface area contributed by atoms with Crippen molar-refractivity contribution in [2.45, 2.75) is 116 Å². The predicted octanol–water partition coefficient (Wildman–Crippen LogP) is 3.30. The average molecular weight is 735 g/mol. The summed E-state index contributed by atoms with van der Waals surface area (Å²) >= 11 is 0. The first-order valence-corrected chi connectivity index (χ1v) is 20.8. The number of rotatable bonds is 9. The third-order valence-electron chi connectivity index (χ3n) is 13.0. The van der Waals surface area contributed by atoms with Gasteiger partial charge in [0.15, 0.2) is 0 Å². The molecule has 274 valence electrons. The molecule has 0 amide bonds. The normalized spacial score (nSPS) is 48.9. The number of phosphoric acid groups is 2. The Hall–Kier alpha value is -0.0300. The molecule has 1 aliphatic heterocycles. The lowest BCUT2D eigenvalue weighted by atomic mass is 9.42. The van der Waals surface area contributed by atoms with E-state index in [0.717, 1.165) is 13.5 Å². The number of hydrogen-bond acceptors (Lipinski definition) is 11. The van der Waals surface area contributed by atoms with E-state index >= 15 is 0 Å². The lowest BCUT2D eigenvalue weighted by Gasteiger charge is -2.65. The summed E-state index contributed by atoms with van der Waals surface area (Å²) in [5.74, 6) is -2.88. The Kier molecular flexibility index (Phi) is 10.5. The zero-order chi connectivity index (χ0) is 35.2. The number of aliphatic hydroxyl groups is 2. The van der Waals surface area contributed by atoms with Gasteiger partial charge in [-0.3, -0.25) is 18.1 Å². The summed E-state index contributed by atoms with van der Waals surface area (Å²) in [6.07, 6.45) is -6.33. The average Bonchev–Trinajstić information content (AvgIpc) is 3.18. The molecule has 6 N–H and O–H groups in total. The van der Waals surface area contributed by atoms with Gasteiger partial charge in [0.05, 0.1) is 36.6 Å². The molecule has 4 aliphatic carbocycles. The molecule has 5 aliphatic rings. The first-order valence-electron chi connectivity index (χ1n) is 16.4. The van der Waals surface area contributed by atoms with E-state index in [4.69, 9.17) is 22.5 Å². The van der Waals surface area contributed by atoms with Gasteiger partial charge >= 0.3 is 26.0 Å². The van der Waals surface area contributed by atoms with E-state index in [9.17, 15) is 47.0 Å². The highest BCUT2D eigenvalue weighted by Gasteiger charge is 2.73. The largest absolute Gasteiger partial charge is 0.472 e. The molecule has 1 saturated heterocycles. The van der Waals surface area contributed by atoms with Crippen LogP contribution in [0, 0.1) is 58.2 Å². The molecule has 47 heavy (non-hydrogen) atoms. The Labute approximate surface area is 276 Å². The predicted molar refractivity (Wildman–Crippen MR) is 166 cm³/mol. The second-order valence-corrected chi connectivity index (χ2v) is 19.4. The van der Waals surface area contributed by atoms with E-state index in [1.165, 1.54) is 0 Å². The molecule has 15 nitrogen and oxygen atoms in total. The van der Waals surface area contributed by atoms with Gasteiger partial charge in [0, 0.05) is 13.0 Å². The van der Waals surface area contributed by atoms with Crippen molar-refractivity contribution in [3.8, 4) is 0 Å². The zero-order valence-corrected chi connectivity index (χ0v) is 30.5. The number of aliphatic hydroxyl groups excluding tert-OH is 2. The minimum absolute atomic E-state index is 0.00542. The van der Waals surface area contributed by atoms with Crippen molar-refractivity contribution in [1.29, 1.82) is 0 Å². The molecule has 1 heterocycles. The molecule has 0 spiro atoms. The summed E-state index contributed by atoms with van der Waals surface area (Å²) in [6, 6.07) is 0. The summed E-state index contributed by atoms with van der Waals surface area (Å²) in [4.78, 5) is 30.9. The lowest BCUT2D eigenvalue weighted by molar-refractivity contribution is -0.250. The van der Waals surface area contributed by atoms with E-state index < -0.39 is 97.2 Å². The summed E-state index contributed by atoms with van der Waals surface area (Å²) in [5.41, 5.74) is -1.58. The second-order valence-electron chi connectivity index (χ2n) is 15.6. The Morgan fingerprint density at radius 1 is 0.894 bits per heavy atom. The molecule has 0 aromatic carbocycles. The van der Waals surface area contributed by atoms with Crippen LogP contribution in [0.2, 0.25) is 0 Å². The maximum absolute atomic E-state index is 13.2. The fraction of sp³-hybridized carbons (Fsp3) is 1.00. The third-order valence-corrected chi connectivity index (χ3v) is 15.0. The molecule has 5 fully saturated rings. The zero-order valence-electron chi connectivity index (χ0n) is 27.9. The highest BCUT2D eigenvalue weighted by Crippen LogP contribution is 2.72. The van der Waals surface area contributed by atoms with Crippen LogP contribution in [0.25, 0.3) is 0 Å². The smallest absolute Gasteiger partial charge is 0.390 e. The van der Waals surface area contributed by atoms with Crippen LogP contribution < -0.4 is 0 Å². The molecule has 0 aromatic rings. The molecule has 4 saturated carbocycles. The van der Waals surface area contributed by atoms with Crippen LogP contribution in [-0.2, 0) is 42.0 Å².